The van der Waals surface area contributed by atoms with E-state index < -0.39 is 5.60 Å². The molecule has 0 radical (unpaired) electrons. The smallest absolute Gasteiger partial charge is 0.253 e. The minimum absolute atomic E-state index is 0.0172. The van der Waals surface area contributed by atoms with Crippen LogP contribution in [-0.4, -0.2) is 59.0 Å². The summed E-state index contributed by atoms with van der Waals surface area (Å²) in [4.78, 5) is 28.0. The first-order valence-electron chi connectivity index (χ1n) is 9.04. The molecule has 1 heterocycles. The highest BCUT2D eigenvalue weighted by atomic mass is 16.3. The first-order chi connectivity index (χ1) is 11.7. The van der Waals surface area contributed by atoms with E-state index in [1.807, 2.05) is 36.1 Å². The number of hydrogen-bond acceptors (Lipinski definition) is 3. The summed E-state index contributed by atoms with van der Waals surface area (Å²) < 4.78 is 0. The fourth-order valence-electron chi connectivity index (χ4n) is 3.24. The van der Waals surface area contributed by atoms with Crippen molar-refractivity contribution in [3.63, 3.8) is 0 Å². The molecule has 25 heavy (non-hydrogen) atoms. The molecule has 1 aliphatic rings. The zero-order valence-corrected chi connectivity index (χ0v) is 15.8. The maximum absolute atomic E-state index is 12.6. The minimum atomic E-state index is -0.681. The second kappa shape index (κ2) is 8.00. The Morgan fingerprint density at radius 1 is 1.32 bits per heavy atom. The normalized spacial score (nSPS) is 17.9. The van der Waals surface area contributed by atoms with Crippen molar-refractivity contribution in [1.82, 2.24) is 9.80 Å². The number of nitrogens with zero attached hydrogens (tertiary/aromatic N) is 2. The Morgan fingerprint density at radius 2 is 1.96 bits per heavy atom. The summed E-state index contributed by atoms with van der Waals surface area (Å²) in [6.07, 6.45) is 2.00. The fraction of sp³-hybridized carbons (Fsp3) is 0.600. The average molecular weight is 346 g/mol. The van der Waals surface area contributed by atoms with Crippen LogP contribution in [0.3, 0.4) is 0 Å². The van der Waals surface area contributed by atoms with Crippen molar-refractivity contribution < 1.29 is 14.7 Å². The highest BCUT2D eigenvalue weighted by molar-refractivity contribution is 5.94. The van der Waals surface area contributed by atoms with Gasteiger partial charge in [-0.15, -0.1) is 0 Å². The van der Waals surface area contributed by atoms with Crippen molar-refractivity contribution in [3.05, 3.63) is 35.4 Å². The number of likely N-dealkylation sites (tertiary alicyclic amines) is 1. The van der Waals surface area contributed by atoms with Gasteiger partial charge in [0.1, 0.15) is 0 Å². The van der Waals surface area contributed by atoms with Gasteiger partial charge < -0.3 is 14.9 Å². The molecular formula is C20H30N2O3. The number of carbonyl (C=O) groups excluding carboxylic acids is 2. The summed E-state index contributed by atoms with van der Waals surface area (Å²) in [5, 5.41) is 9.80. The molecule has 1 aromatic rings. The number of hydrogen-bond donors (Lipinski definition) is 1. The fourth-order valence-corrected chi connectivity index (χ4v) is 3.24. The molecule has 0 aliphatic carbocycles. The Hall–Kier alpha value is -1.88. The van der Waals surface area contributed by atoms with Gasteiger partial charge in [-0.2, -0.15) is 0 Å². The summed E-state index contributed by atoms with van der Waals surface area (Å²) in [5.41, 5.74) is 1.09. The molecule has 1 aromatic carbocycles. The molecule has 138 valence electrons. The lowest BCUT2D eigenvalue weighted by molar-refractivity contribution is -0.127. The van der Waals surface area contributed by atoms with Crippen molar-refractivity contribution in [2.45, 2.75) is 45.6 Å². The van der Waals surface area contributed by atoms with Crippen LogP contribution in [0, 0.1) is 5.92 Å². The van der Waals surface area contributed by atoms with E-state index in [1.54, 1.807) is 25.8 Å². The summed E-state index contributed by atoms with van der Waals surface area (Å²) >= 11 is 0. The van der Waals surface area contributed by atoms with E-state index in [0.29, 0.717) is 24.9 Å². The molecule has 0 saturated carbocycles. The van der Waals surface area contributed by atoms with Crippen LogP contribution < -0.4 is 0 Å². The zero-order chi connectivity index (χ0) is 18.6. The SMILES string of the molecule is CCN1C[C@@H](CN(C)C(=O)c2ccc(CCC(C)(C)O)cc2)CC1=O. The zero-order valence-electron chi connectivity index (χ0n) is 15.8. The molecule has 1 N–H and O–H groups in total. The standard InChI is InChI=1S/C20H30N2O3/c1-5-22-14-16(12-18(22)23)13-21(4)19(24)17-8-6-15(7-9-17)10-11-20(2,3)25/h6-9,16,25H,5,10-14H2,1-4H3/t16-/m1/s1. The second-order valence-corrected chi connectivity index (χ2v) is 7.70. The first-order valence-corrected chi connectivity index (χ1v) is 9.04. The van der Waals surface area contributed by atoms with Gasteiger partial charge in [-0.1, -0.05) is 12.1 Å². The van der Waals surface area contributed by atoms with Gasteiger partial charge in [0.05, 0.1) is 5.60 Å². The molecule has 0 unspecified atom stereocenters. The van der Waals surface area contributed by atoms with Crippen LogP contribution in [0.2, 0.25) is 0 Å². The number of rotatable bonds is 7. The van der Waals surface area contributed by atoms with Crippen molar-refractivity contribution >= 4 is 11.8 Å². The summed E-state index contributed by atoms with van der Waals surface area (Å²) in [5.74, 6) is 0.383. The minimum Gasteiger partial charge on any atom is -0.390 e. The molecule has 2 rings (SSSR count). The van der Waals surface area contributed by atoms with Gasteiger partial charge in [-0.25, -0.2) is 0 Å². The van der Waals surface area contributed by atoms with Crippen molar-refractivity contribution in [3.8, 4) is 0 Å². The predicted octanol–water partition coefficient (Wildman–Crippen LogP) is 2.33. The summed E-state index contributed by atoms with van der Waals surface area (Å²) in [7, 11) is 1.80. The van der Waals surface area contributed by atoms with Crippen molar-refractivity contribution in [1.29, 1.82) is 0 Å². The molecule has 5 heteroatoms. The van der Waals surface area contributed by atoms with Gasteiger partial charge in [-0.05, 0) is 51.3 Å². The van der Waals surface area contributed by atoms with E-state index in [-0.39, 0.29) is 17.7 Å². The summed E-state index contributed by atoms with van der Waals surface area (Å²) in [6, 6.07) is 7.59. The van der Waals surface area contributed by atoms with Gasteiger partial charge in [0.2, 0.25) is 5.91 Å². The van der Waals surface area contributed by atoms with Gasteiger partial charge in [0.15, 0.2) is 0 Å². The van der Waals surface area contributed by atoms with E-state index in [9.17, 15) is 14.7 Å². The number of aryl methyl sites for hydroxylation is 1. The summed E-state index contributed by atoms with van der Waals surface area (Å²) in [6.45, 7) is 7.65. The van der Waals surface area contributed by atoms with Crippen LogP contribution in [0.15, 0.2) is 24.3 Å². The van der Waals surface area contributed by atoms with Crippen LogP contribution in [-0.2, 0) is 11.2 Å². The maximum Gasteiger partial charge on any atom is 0.253 e. The van der Waals surface area contributed by atoms with E-state index in [2.05, 4.69) is 0 Å². The highest BCUT2D eigenvalue weighted by Gasteiger charge is 2.30. The number of benzene rings is 1. The highest BCUT2D eigenvalue weighted by Crippen LogP contribution is 2.19. The third kappa shape index (κ3) is 5.56. The number of amides is 2. The van der Waals surface area contributed by atoms with E-state index in [0.717, 1.165) is 25.1 Å². The largest absolute Gasteiger partial charge is 0.390 e. The quantitative estimate of drug-likeness (QED) is 0.824. The first kappa shape index (κ1) is 19.4. The topological polar surface area (TPSA) is 60.9 Å². The lowest BCUT2D eigenvalue weighted by Crippen LogP contribution is -2.33. The van der Waals surface area contributed by atoms with E-state index in [4.69, 9.17) is 0 Å². The van der Waals surface area contributed by atoms with Crippen LogP contribution in [0.1, 0.15) is 49.5 Å². The Bertz CT molecular complexity index is 604. The lowest BCUT2D eigenvalue weighted by Gasteiger charge is -2.21. The molecule has 0 aromatic heterocycles. The Balaban J connectivity index is 1.90. The molecule has 1 atom stereocenters. The molecule has 1 fully saturated rings. The Morgan fingerprint density at radius 3 is 2.48 bits per heavy atom. The molecule has 1 aliphatic heterocycles. The van der Waals surface area contributed by atoms with E-state index >= 15 is 0 Å². The van der Waals surface area contributed by atoms with E-state index in [1.165, 1.54) is 0 Å². The van der Waals surface area contributed by atoms with Crippen molar-refractivity contribution in [2.75, 3.05) is 26.7 Å². The second-order valence-electron chi connectivity index (χ2n) is 7.70. The maximum atomic E-state index is 12.6. The van der Waals surface area contributed by atoms with Gasteiger partial charge >= 0.3 is 0 Å². The van der Waals surface area contributed by atoms with Crippen LogP contribution in [0.25, 0.3) is 0 Å². The molecular weight excluding hydrogens is 316 g/mol. The Labute approximate surface area is 150 Å². The average Bonchev–Trinajstić information content (AvgIpc) is 2.91. The monoisotopic (exact) mass is 346 g/mol. The molecule has 0 bridgehead atoms. The van der Waals surface area contributed by atoms with Crippen LogP contribution in [0.5, 0.6) is 0 Å². The number of aliphatic hydroxyl groups is 1. The van der Waals surface area contributed by atoms with Gasteiger partial charge in [0, 0.05) is 44.6 Å². The van der Waals surface area contributed by atoms with Gasteiger partial charge in [-0.3, -0.25) is 9.59 Å². The molecule has 1 saturated heterocycles. The van der Waals surface area contributed by atoms with Gasteiger partial charge in [0.25, 0.3) is 5.91 Å². The number of carbonyl (C=O) groups is 2. The van der Waals surface area contributed by atoms with Crippen molar-refractivity contribution in [2.24, 2.45) is 5.92 Å². The third-order valence-corrected chi connectivity index (χ3v) is 4.78. The van der Waals surface area contributed by atoms with Crippen LogP contribution >= 0.6 is 0 Å². The lowest BCUT2D eigenvalue weighted by atomic mass is 9.98. The Kier molecular flexibility index (Phi) is 6.22. The molecule has 5 nitrogen and oxygen atoms in total. The third-order valence-electron chi connectivity index (χ3n) is 4.78. The predicted molar refractivity (Wildman–Crippen MR) is 98.4 cm³/mol. The molecule has 2 amide bonds. The van der Waals surface area contributed by atoms with Crippen LogP contribution in [0.4, 0.5) is 0 Å². The molecule has 0 spiro atoms.